The Morgan fingerprint density at radius 1 is 1.53 bits per heavy atom. The molecule has 1 saturated heterocycles. The fourth-order valence-corrected chi connectivity index (χ4v) is 2.65. The molecular formula is C11H14BrClN2. The van der Waals surface area contributed by atoms with Gasteiger partial charge in [0.15, 0.2) is 0 Å². The molecule has 0 aliphatic carbocycles. The number of rotatable bonds is 3. The molecular weight excluding hydrogens is 275 g/mol. The minimum atomic E-state index is 0.673. The third-order valence-electron chi connectivity index (χ3n) is 2.76. The van der Waals surface area contributed by atoms with Gasteiger partial charge in [0.05, 0.1) is 0 Å². The predicted octanol–water partition coefficient (Wildman–Crippen LogP) is 2.90. The van der Waals surface area contributed by atoms with E-state index in [2.05, 4.69) is 31.9 Å². The fraction of sp³-hybridized carbons (Fsp3) is 0.545. The molecule has 0 radical (unpaired) electrons. The van der Waals surface area contributed by atoms with Crippen LogP contribution < -0.4 is 0 Å². The largest absolute Gasteiger partial charge is 0.299 e. The van der Waals surface area contributed by atoms with Gasteiger partial charge in [0.2, 0.25) is 0 Å². The van der Waals surface area contributed by atoms with Gasteiger partial charge in [-0.1, -0.05) is 0 Å². The van der Waals surface area contributed by atoms with Crippen LogP contribution in [0.4, 0.5) is 0 Å². The van der Waals surface area contributed by atoms with Crippen molar-refractivity contribution in [2.45, 2.75) is 13.0 Å². The van der Waals surface area contributed by atoms with Crippen molar-refractivity contribution < 1.29 is 0 Å². The predicted molar refractivity (Wildman–Crippen MR) is 66.0 cm³/mol. The Balaban J connectivity index is 1.92. The Kier molecular flexibility index (Phi) is 4.00. The standard InChI is InChI=1S/C11H14BrClN2/c12-11-3-10(5-14-6-11)8-15-2-1-9(4-13)7-15/h3,5-6,9H,1-2,4,7-8H2. The van der Waals surface area contributed by atoms with Gasteiger partial charge in [0, 0.05) is 35.8 Å². The third-order valence-corrected chi connectivity index (χ3v) is 3.63. The van der Waals surface area contributed by atoms with Crippen molar-refractivity contribution in [1.29, 1.82) is 0 Å². The summed E-state index contributed by atoms with van der Waals surface area (Å²) in [6.45, 7) is 3.26. The first-order chi connectivity index (χ1) is 7.28. The molecule has 0 saturated carbocycles. The first kappa shape index (κ1) is 11.4. The van der Waals surface area contributed by atoms with Gasteiger partial charge in [-0.25, -0.2) is 0 Å². The molecule has 2 heterocycles. The number of alkyl halides is 1. The molecule has 0 N–H and O–H groups in total. The van der Waals surface area contributed by atoms with Crippen LogP contribution in [-0.2, 0) is 6.54 Å². The molecule has 1 aromatic heterocycles. The van der Waals surface area contributed by atoms with Gasteiger partial charge in [-0.05, 0) is 46.4 Å². The van der Waals surface area contributed by atoms with E-state index < -0.39 is 0 Å². The minimum Gasteiger partial charge on any atom is -0.299 e. The molecule has 1 aliphatic heterocycles. The lowest BCUT2D eigenvalue weighted by molar-refractivity contribution is 0.320. The number of likely N-dealkylation sites (tertiary alicyclic amines) is 1. The number of hydrogen-bond acceptors (Lipinski definition) is 2. The van der Waals surface area contributed by atoms with Crippen LogP contribution in [0.1, 0.15) is 12.0 Å². The second kappa shape index (κ2) is 5.28. The highest BCUT2D eigenvalue weighted by Gasteiger charge is 2.21. The quantitative estimate of drug-likeness (QED) is 0.796. The van der Waals surface area contributed by atoms with Crippen molar-refractivity contribution >= 4 is 27.5 Å². The molecule has 0 bridgehead atoms. The van der Waals surface area contributed by atoms with Crippen molar-refractivity contribution in [2.24, 2.45) is 5.92 Å². The third kappa shape index (κ3) is 3.16. The monoisotopic (exact) mass is 288 g/mol. The Labute approximate surface area is 104 Å². The summed E-state index contributed by atoms with van der Waals surface area (Å²) >= 11 is 9.29. The first-order valence-corrected chi connectivity index (χ1v) is 6.48. The maximum Gasteiger partial charge on any atom is 0.0410 e. The maximum absolute atomic E-state index is 5.85. The fourth-order valence-electron chi connectivity index (χ4n) is 1.98. The summed E-state index contributed by atoms with van der Waals surface area (Å²) in [7, 11) is 0. The van der Waals surface area contributed by atoms with Crippen LogP contribution in [0.15, 0.2) is 22.9 Å². The molecule has 0 spiro atoms. The summed E-state index contributed by atoms with van der Waals surface area (Å²) in [5.74, 6) is 1.46. The molecule has 1 atom stereocenters. The van der Waals surface area contributed by atoms with Gasteiger partial charge < -0.3 is 0 Å². The van der Waals surface area contributed by atoms with E-state index in [4.69, 9.17) is 11.6 Å². The second-order valence-corrected chi connectivity index (χ2v) is 5.28. The van der Waals surface area contributed by atoms with Crippen molar-refractivity contribution in [2.75, 3.05) is 19.0 Å². The summed E-state index contributed by atoms with van der Waals surface area (Å²) in [5.41, 5.74) is 1.26. The summed E-state index contributed by atoms with van der Waals surface area (Å²) in [6, 6.07) is 2.13. The zero-order valence-electron chi connectivity index (χ0n) is 8.50. The van der Waals surface area contributed by atoms with Crippen molar-refractivity contribution in [3.63, 3.8) is 0 Å². The zero-order chi connectivity index (χ0) is 10.7. The summed E-state index contributed by atoms with van der Waals surface area (Å²) in [5, 5.41) is 0. The average Bonchev–Trinajstić information content (AvgIpc) is 2.65. The number of pyridine rings is 1. The van der Waals surface area contributed by atoms with Gasteiger partial charge in [-0.2, -0.15) is 0 Å². The average molecular weight is 290 g/mol. The van der Waals surface area contributed by atoms with E-state index in [0.29, 0.717) is 5.92 Å². The normalized spacial score (nSPS) is 22.1. The van der Waals surface area contributed by atoms with Crippen molar-refractivity contribution in [1.82, 2.24) is 9.88 Å². The van der Waals surface area contributed by atoms with Gasteiger partial charge in [-0.15, -0.1) is 11.6 Å². The van der Waals surface area contributed by atoms with E-state index in [0.717, 1.165) is 30.0 Å². The second-order valence-electron chi connectivity index (χ2n) is 4.06. The Hall–Kier alpha value is -0.120. The highest BCUT2D eigenvalue weighted by molar-refractivity contribution is 9.10. The molecule has 1 unspecified atom stereocenters. The molecule has 4 heteroatoms. The van der Waals surface area contributed by atoms with Gasteiger partial charge in [0.25, 0.3) is 0 Å². The number of aromatic nitrogens is 1. The molecule has 2 rings (SSSR count). The van der Waals surface area contributed by atoms with Crippen LogP contribution in [0.3, 0.4) is 0 Å². The molecule has 0 aromatic carbocycles. The highest BCUT2D eigenvalue weighted by Crippen LogP contribution is 2.20. The van der Waals surface area contributed by atoms with Gasteiger partial charge in [0.1, 0.15) is 0 Å². The topological polar surface area (TPSA) is 16.1 Å². The Morgan fingerprint density at radius 3 is 3.07 bits per heavy atom. The molecule has 1 aliphatic rings. The van der Waals surface area contributed by atoms with Crippen LogP contribution in [0.2, 0.25) is 0 Å². The SMILES string of the molecule is ClCC1CCN(Cc2cncc(Br)c2)C1. The molecule has 2 nitrogen and oxygen atoms in total. The first-order valence-electron chi connectivity index (χ1n) is 5.15. The van der Waals surface area contributed by atoms with E-state index in [1.54, 1.807) is 0 Å². The number of hydrogen-bond donors (Lipinski definition) is 0. The number of halogens is 2. The van der Waals surface area contributed by atoms with Crippen LogP contribution >= 0.6 is 27.5 Å². The minimum absolute atomic E-state index is 0.673. The molecule has 0 amide bonds. The lowest BCUT2D eigenvalue weighted by Gasteiger charge is -2.15. The Bertz CT molecular complexity index is 332. The van der Waals surface area contributed by atoms with Gasteiger partial charge in [-0.3, -0.25) is 9.88 Å². The Morgan fingerprint density at radius 2 is 2.40 bits per heavy atom. The summed E-state index contributed by atoms with van der Waals surface area (Å²) in [4.78, 5) is 6.61. The highest BCUT2D eigenvalue weighted by atomic mass is 79.9. The van der Waals surface area contributed by atoms with Crippen molar-refractivity contribution in [3.8, 4) is 0 Å². The van der Waals surface area contributed by atoms with E-state index in [1.165, 1.54) is 12.0 Å². The summed E-state index contributed by atoms with van der Waals surface area (Å²) < 4.78 is 1.05. The summed E-state index contributed by atoms with van der Waals surface area (Å²) in [6.07, 6.45) is 4.97. The molecule has 15 heavy (non-hydrogen) atoms. The van der Waals surface area contributed by atoms with E-state index in [1.807, 2.05) is 12.4 Å². The van der Waals surface area contributed by atoms with Crippen LogP contribution in [0.25, 0.3) is 0 Å². The smallest absolute Gasteiger partial charge is 0.0410 e. The van der Waals surface area contributed by atoms with E-state index in [9.17, 15) is 0 Å². The molecule has 1 aromatic rings. The van der Waals surface area contributed by atoms with Crippen LogP contribution in [0.5, 0.6) is 0 Å². The van der Waals surface area contributed by atoms with Crippen LogP contribution in [0, 0.1) is 5.92 Å². The maximum atomic E-state index is 5.85. The van der Waals surface area contributed by atoms with Crippen molar-refractivity contribution in [3.05, 3.63) is 28.5 Å². The molecule has 1 fully saturated rings. The van der Waals surface area contributed by atoms with E-state index in [-0.39, 0.29) is 0 Å². The van der Waals surface area contributed by atoms with E-state index >= 15 is 0 Å². The lowest BCUT2D eigenvalue weighted by atomic mass is 10.2. The molecule has 82 valence electrons. The lowest BCUT2D eigenvalue weighted by Crippen LogP contribution is -2.20. The zero-order valence-corrected chi connectivity index (χ0v) is 10.8. The van der Waals surface area contributed by atoms with Gasteiger partial charge >= 0.3 is 0 Å². The number of nitrogens with zero attached hydrogens (tertiary/aromatic N) is 2. The van der Waals surface area contributed by atoms with Crippen LogP contribution in [-0.4, -0.2) is 28.9 Å².